The van der Waals surface area contributed by atoms with Crippen molar-refractivity contribution in [3.8, 4) is 0 Å². The second kappa shape index (κ2) is 21.4. The Kier molecular flexibility index (Phi) is 20.2. The molecule has 1 fully saturated rings. The Morgan fingerprint density at radius 1 is 0.195 bits per heavy atom. The molecule has 8 nitrogen and oxygen atoms in total. The molecule has 0 aromatic carbocycles. The van der Waals surface area contributed by atoms with Crippen LogP contribution in [0.25, 0.3) is 0 Å². The molecule has 1 saturated carbocycles. The third-order valence-electron chi connectivity index (χ3n) is 9.15. The molecule has 8 heteroatoms. The van der Waals surface area contributed by atoms with E-state index in [-0.39, 0.29) is 12.8 Å². The topological polar surface area (TPSA) is 162 Å². The maximum atomic E-state index is 10.3. The Labute approximate surface area is 250 Å². The first-order chi connectivity index (χ1) is 19.5. The molecule has 0 aromatic heterocycles. The van der Waals surface area contributed by atoms with Crippen molar-refractivity contribution in [2.75, 3.05) is 0 Å². The largest absolute Gasteiger partial charge is 0.361 e. The standard InChI is InChI=1S/C33H66O8/c34-30(35)28-26-24-22-20-18-16-14-12-10-8-6-4-2-1-3-5-7-9-11-13-15-17-19-21-23-25-27-29-31(36,37)33(40,41)32(30,38)39/h34-41H,1-29H2. The van der Waals surface area contributed by atoms with E-state index in [9.17, 15) is 40.9 Å². The first-order valence-corrected chi connectivity index (χ1v) is 17.2. The van der Waals surface area contributed by atoms with Crippen LogP contribution in [0, 0.1) is 0 Å². The number of hydrogen-bond donors (Lipinski definition) is 8. The molecule has 0 unspecified atom stereocenters. The molecular weight excluding hydrogens is 524 g/mol. The van der Waals surface area contributed by atoms with Gasteiger partial charge < -0.3 is 40.9 Å². The minimum absolute atomic E-state index is 0.204. The first-order valence-electron chi connectivity index (χ1n) is 17.2. The fourth-order valence-electron chi connectivity index (χ4n) is 6.07. The Morgan fingerprint density at radius 3 is 0.463 bits per heavy atom. The second-order valence-electron chi connectivity index (χ2n) is 13.0. The summed E-state index contributed by atoms with van der Waals surface area (Å²) in [4.78, 5) is 0. The first kappa shape index (κ1) is 38.7. The van der Waals surface area contributed by atoms with Crippen LogP contribution in [0.5, 0.6) is 0 Å². The third kappa shape index (κ3) is 15.3. The molecule has 8 N–H and O–H groups in total. The minimum atomic E-state index is -3.97. The summed E-state index contributed by atoms with van der Waals surface area (Å²) in [5, 5.41) is 82.5. The number of hydrogen-bond acceptors (Lipinski definition) is 8. The van der Waals surface area contributed by atoms with E-state index >= 15 is 0 Å². The second-order valence-corrected chi connectivity index (χ2v) is 13.0. The van der Waals surface area contributed by atoms with Crippen LogP contribution in [0.3, 0.4) is 0 Å². The Balaban J connectivity index is 2.51. The monoisotopic (exact) mass is 590 g/mol. The highest BCUT2D eigenvalue weighted by molar-refractivity contribution is 5.00. The van der Waals surface area contributed by atoms with E-state index < -0.39 is 36.0 Å². The van der Waals surface area contributed by atoms with E-state index in [0.29, 0.717) is 12.8 Å². The van der Waals surface area contributed by atoms with Gasteiger partial charge in [-0.1, -0.05) is 161 Å². The van der Waals surface area contributed by atoms with Gasteiger partial charge in [0.05, 0.1) is 0 Å². The molecule has 0 aliphatic heterocycles. The van der Waals surface area contributed by atoms with Gasteiger partial charge in [-0.15, -0.1) is 0 Å². The quantitative estimate of drug-likeness (QED) is 0.158. The fraction of sp³-hybridized carbons (Fsp3) is 1.00. The molecule has 0 atom stereocenters. The van der Waals surface area contributed by atoms with Gasteiger partial charge in [-0.25, -0.2) is 0 Å². The Morgan fingerprint density at radius 2 is 0.317 bits per heavy atom. The summed E-state index contributed by atoms with van der Waals surface area (Å²) in [6, 6.07) is 0. The van der Waals surface area contributed by atoms with Gasteiger partial charge in [-0.2, -0.15) is 0 Å². The van der Waals surface area contributed by atoms with Gasteiger partial charge in [0, 0.05) is 12.8 Å². The van der Waals surface area contributed by atoms with Crippen LogP contribution in [-0.2, 0) is 0 Å². The van der Waals surface area contributed by atoms with Crippen molar-refractivity contribution in [3.05, 3.63) is 0 Å². The maximum absolute atomic E-state index is 10.3. The summed E-state index contributed by atoms with van der Waals surface area (Å²) in [7, 11) is 0. The van der Waals surface area contributed by atoms with Crippen molar-refractivity contribution in [1.82, 2.24) is 0 Å². The van der Waals surface area contributed by atoms with Crippen LogP contribution < -0.4 is 0 Å². The van der Waals surface area contributed by atoms with Crippen molar-refractivity contribution in [1.29, 1.82) is 0 Å². The van der Waals surface area contributed by atoms with Gasteiger partial charge in [-0.05, 0) is 12.8 Å². The SMILES string of the molecule is OC1(O)CCCCCCCCCCCCCCCCCCCCCCCCCCCCCC(O)(O)C(O)(O)C1(O)O. The fourth-order valence-corrected chi connectivity index (χ4v) is 6.07. The Hall–Kier alpha value is -0.320. The van der Waals surface area contributed by atoms with Crippen LogP contribution in [0.1, 0.15) is 186 Å². The highest BCUT2D eigenvalue weighted by Crippen LogP contribution is 2.39. The summed E-state index contributed by atoms with van der Waals surface area (Å²) in [5.41, 5.74) is 0. The van der Waals surface area contributed by atoms with Gasteiger partial charge in [0.1, 0.15) is 0 Å². The molecule has 0 bridgehead atoms. The van der Waals surface area contributed by atoms with Crippen LogP contribution in [0.4, 0.5) is 0 Å². The smallest absolute Gasteiger partial charge is 0.279 e. The van der Waals surface area contributed by atoms with Crippen molar-refractivity contribution < 1.29 is 40.9 Å². The number of aliphatic hydroxyl groups is 8. The lowest BCUT2D eigenvalue weighted by Crippen LogP contribution is -2.76. The van der Waals surface area contributed by atoms with E-state index in [0.717, 1.165) is 38.5 Å². The highest BCUT2D eigenvalue weighted by atomic mass is 16.7. The summed E-state index contributed by atoms with van der Waals surface area (Å²) in [6.45, 7) is 0. The molecule has 41 heavy (non-hydrogen) atoms. The molecule has 0 spiro atoms. The van der Waals surface area contributed by atoms with Crippen molar-refractivity contribution in [3.63, 3.8) is 0 Å². The summed E-state index contributed by atoms with van der Waals surface area (Å²) in [6.07, 6.45) is 28.6. The van der Waals surface area contributed by atoms with Gasteiger partial charge in [0.2, 0.25) is 11.6 Å². The van der Waals surface area contributed by atoms with Crippen LogP contribution in [0.15, 0.2) is 0 Å². The molecular formula is C33H66O8. The third-order valence-corrected chi connectivity index (χ3v) is 9.15. The van der Waals surface area contributed by atoms with Crippen LogP contribution in [-0.4, -0.2) is 64.0 Å². The minimum Gasteiger partial charge on any atom is -0.361 e. The molecule has 0 amide bonds. The lowest BCUT2D eigenvalue weighted by atomic mass is 9.84. The van der Waals surface area contributed by atoms with Crippen molar-refractivity contribution in [2.45, 2.75) is 209 Å². The predicted molar refractivity (Wildman–Crippen MR) is 163 cm³/mol. The molecule has 1 aliphatic rings. The van der Waals surface area contributed by atoms with E-state index in [1.165, 1.54) is 109 Å². The zero-order chi connectivity index (χ0) is 30.5. The van der Waals surface area contributed by atoms with Gasteiger partial charge in [0.15, 0.2) is 0 Å². The molecule has 1 rings (SSSR count). The normalized spacial score (nSPS) is 26.9. The summed E-state index contributed by atoms with van der Waals surface area (Å²) >= 11 is 0. The average Bonchev–Trinajstić information content (AvgIpc) is 2.91. The van der Waals surface area contributed by atoms with E-state index in [1.54, 1.807) is 0 Å². The Bertz CT molecular complexity index is 568. The van der Waals surface area contributed by atoms with E-state index in [2.05, 4.69) is 0 Å². The van der Waals surface area contributed by atoms with Gasteiger partial charge >= 0.3 is 0 Å². The molecule has 246 valence electrons. The molecule has 0 saturated heterocycles. The molecule has 1 aliphatic carbocycles. The zero-order valence-corrected chi connectivity index (χ0v) is 26.1. The average molecular weight is 591 g/mol. The zero-order valence-electron chi connectivity index (χ0n) is 26.1. The highest BCUT2D eigenvalue weighted by Gasteiger charge is 2.69. The number of rotatable bonds is 0. The summed E-state index contributed by atoms with van der Waals surface area (Å²) in [5.74, 6) is -14.6. The van der Waals surface area contributed by atoms with Crippen LogP contribution in [0.2, 0.25) is 0 Å². The predicted octanol–water partition coefficient (Wildman–Crippen LogP) is 6.04. The van der Waals surface area contributed by atoms with Gasteiger partial charge in [0.25, 0.3) is 11.6 Å². The molecule has 0 aromatic rings. The summed E-state index contributed by atoms with van der Waals surface area (Å²) < 4.78 is 0. The van der Waals surface area contributed by atoms with E-state index in [4.69, 9.17) is 0 Å². The lowest BCUT2D eigenvalue weighted by molar-refractivity contribution is -0.507. The lowest BCUT2D eigenvalue weighted by Gasteiger charge is -2.47. The molecule has 0 heterocycles. The van der Waals surface area contributed by atoms with E-state index in [1.807, 2.05) is 0 Å². The maximum Gasteiger partial charge on any atom is 0.279 e. The van der Waals surface area contributed by atoms with Crippen LogP contribution >= 0.6 is 0 Å². The van der Waals surface area contributed by atoms with Gasteiger partial charge in [-0.3, -0.25) is 0 Å². The van der Waals surface area contributed by atoms with Crippen molar-refractivity contribution >= 4 is 0 Å². The molecule has 0 radical (unpaired) electrons. The van der Waals surface area contributed by atoms with Crippen molar-refractivity contribution in [2.24, 2.45) is 0 Å².